The van der Waals surface area contributed by atoms with E-state index in [1.165, 1.54) is 12.1 Å². The third-order valence-corrected chi connectivity index (χ3v) is 4.48. The number of anilines is 1. The Morgan fingerprint density at radius 1 is 1.00 bits per heavy atom. The second-order valence-corrected chi connectivity index (χ2v) is 6.39. The van der Waals surface area contributed by atoms with Crippen LogP contribution in [0, 0.1) is 0 Å². The molecule has 7 heteroatoms. The molecule has 4 nitrogen and oxygen atoms in total. The van der Waals surface area contributed by atoms with Crippen LogP contribution in [0.2, 0.25) is 0 Å². The quantitative estimate of drug-likeness (QED) is 0.852. The van der Waals surface area contributed by atoms with Crippen molar-refractivity contribution in [3.8, 4) is 0 Å². The number of hydrogen-bond acceptors (Lipinski definition) is 3. The van der Waals surface area contributed by atoms with E-state index in [-0.39, 0.29) is 11.5 Å². The van der Waals surface area contributed by atoms with Crippen molar-refractivity contribution in [1.82, 2.24) is 9.80 Å². The first-order chi connectivity index (χ1) is 12.3. The van der Waals surface area contributed by atoms with E-state index in [4.69, 9.17) is 5.73 Å². The Hall–Kier alpha value is -2.54. The monoisotopic (exact) mass is 363 g/mol. The molecule has 1 aliphatic rings. The molecule has 26 heavy (non-hydrogen) atoms. The molecule has 0 aromatic heterocycles. The predicted octanol–water partition coefficient (Wildman–Crippen LogP) is 3.25. The van der Waals surface area contributed by atoms with Gasteiger partial charge in [0.15, 0.2) is 0 Å². The molecule has 2 aromatic rings. The number of nitrogens with two attached hydrogens (primary N) is 1. The minimum absolute atomic E-state index is 0.234. The molecule has 2 N–H and O–H groups in total. The number of halogens is 3. The van der Waals surface area contributed by atoms with Gasteiger partial charge >= 0.3 is 6.18 Å². The fourth-order valence-corrected chi connectivity index (χ4v) is 3.04. The summed E-state index contributed by atoms with van der Waals surface area (Å²) >= 11 is 0. The second-order valence-electron chi connectivity index (χ2n) is 6.39. The molecular formula is C19H20F3N3O. The number of nitrogen functional groups attached to an aromatic ring is 1. The summed E-state index contributed by atoms with van der Waals surface area (Å²) in [4.78, 5) is 16.4. The van der Waals surface area contributed by atoms with E-state index in [1.54, 1.807) is 4.90 Å². The van der Waals surface area contributed by atoms with Gasteiger partial charge in [-0.05, 0) is 42.0 Å². The van der Waals surface area contributed by atoms with Crippen molar-refractivity contribution in [3.63, 3.8) is 0 Å². The zero-order valence-corrected chi connectivity index (χ0v) is 14.2. The molecule has 0 bridgehead atoms. The average molecular weight is 363 g/mol. The number of carbonyl (C=O) groups is 1. The van der Waals surface area contributed by atoms with E-state index >= 15 is 0 Å². The van der Waals surface area contributed by atoms with Crippen LogP contribution in [0.4, 0.5) is 18.9 Å². The number of piperazine rings is 1. The minimum atomic E-state index is -4.39. The maximum atomic E-state index is 12.6. The van der Waals surface area contributed by atoms with Crippen molar-refractivity contribution in [2.45, 2.75) is 12.7 Å². The molecule has 3 rings (SSSR count). The summed E-state index contributed by atoms with van der Waals surface area (Å²) in [6.07, 6.45) is -4.39. The molecule has 0 radical (unpaired) electrons. The second kappa shape index (κ2) is 7.37. The highest BCUT2D eigenvalue weighted by Gasteiger charge is 2.30. The van der Waals surface area contributed by atoms with Crippen LogP contribution in [0.3, 0.4) is 0 Å². The van der Waals surface area contributed by atoms with Gasteiger partial charge in [-0.15, -0.1) is 0 Å². The van der Waals surface area contributed by atoms with Crippen LogP contribution in [0.15, 0.2) is 48.5 Å². The number of carbonyl (C=O) groups excluding carboxylic acids is 1. The highest BCUT2D eigenvalue weighted by atomic mass is 19.4. The van der Waals surface area contributed by atoms with E-state index in [1.807, 2.05) is 24.3 Å². The van der Waals surface area contributed by atoms with E-state index < -0.39 is 11.7 Å². The highest BCUT2D eigenvalue weighted by molar-refractivity contribution is 5.94. The van der Waals surface area contributed by atoms with Crippen LogP contribution < -0.4 is 5.73 Å². The normalized spacial score (nSPS) is 15.9. The third-order valence-electron chi connectivity index (χ3n) is 4.48. The van der Waals surface area contributed by atoms with E-state index in [0.717, 1.165) is 29.9 Å². The largest absolute Gasteiger partial charge is 0.416 e. The van der Waals surface area contributed by atoms with Gasteiger partial charge in [0.05, 0.1) is 5.56 Å². The number of benzene rings is 2. The smallest absolute Gasteiger partial charge is 0.399 e. The van der Waals surface area contributed by atoms with Gasteiger partial charge in [0.2, 0.25) is 0 Å². The molecule has 0 unspecified atom stereocenters. The Bertz CT molecular complexity index is 766. The van der Waals surface area contributed by atoms with Crippen LogP contribution in [0.1, 0.15) is 21.5 Å². The van der Waals surface area contributed by atoms with Gasteiger partial charge in [-0.3, -0.25) is 9.69 Å². The van der Waals surface area contributed by atoms with Gasteiger partial charge in [-0.2, -0.15) is 13.2 Å². The zero-order valence-electron chi connectivity index (χ0n) is 14.2. The molecule has 138 valence electrons. The lowest BCUT2D eigenvalue weighted by Crippen LogP contribution is -2.48. The van der Waals surface area contributed by atoms with E-state index in [9.17, 15) is 18.0 Å². The maximum Gasteiger partial charge on any atom is 0.416 e. The summed E-state index contributed by atoms with van der Waals surface area (Å²) in [5.74, 6) is -0.234. The van der Waals surface area contributed by atoms with Crippen molar-refractivity contribution in [3.05, 3.63) is 65.2 Å². The number of hydrogen-bond donors (Lipinski definition) is 1. The van der Waals surface area contributed by atoms with Crippen LogP contribution in [-0.2, 0) is 12.7 Å². The van der Waals surface area contributed by atoms with Crippen molar-refractivity contribution in [2.24, 2.45) is 0 Å². The van der Waals surface area contributed by atoms with Crippen LogP contribution in [0.5, 0.6) is 0 Å². The Labute approximate surface area is 150 Å². The predicted molar refractivity (Wildman–Crippen MR) is 93.5 cm³/mol. The van der Waals surface area contributed by atoms with Gasteiger partial charge in [0.1, 0.15) is 0 Å². The standard InChI is InChI=1S/C19H20F3N3O/c20-19(21,22)16-6-4-15(5-7-16)18(26)25-10-8-24(9-11-25)13-14-2-1-3-17(23)12-14/h1-7,12H,8-11,13,23H2. The lowest BCUT2D eigenvalue weighted by molar-refractivity contribution is -0.137. The molecule has 2 aromatic carbocycles. The van der Waals surface area contributed by atoms with Crippen LogP contribution in [-0.4, -0.2) is 41.9 Å². The average Bonchev–Trinajstić information content (AvgIpc) is 2.61. The number of alkyl halides is 3. The summed E-state index contributed by atoms with van der Waals surface area (Å²) in [7, 11) is 0. The summed E-state index contributed by atoms with van der Waals surface area (Å²) in [6, 6.07) is 12.1. The topological polar surface area (TPSA) is 49.6 Å². The minimum Gasteiger partial charge on any atom is -0.399 e. The Balaban J connectivity index is 1.56. The Morgan fingerprint density at radius 3 is 2.23 bits per heavy atom. The summed E-state index contributed by atoms with van der Waals surface area (Å²) in [5, 5.41) is 0. The Morgan fingerprint density at radius 2 is 1.65 bits per heavy atom. The molecule has 1 fully saturated rings. The first-order valence-corrected chi connectivity index (χ1v) is 8.36. The first-order valence-electron chi connectivity index (χ1n) is 8.36. The number of nitrogens with zero attached hydrogens (tertiary/aromatic N) is 2. The lowest BCUT2D eigenvalue weighted by atomic mass is 10.1. The Kier molecular flexibility index (Phi) is 5.18. The fraction of sp³-hybridized carbons (Fsp3) is 0.316. The van der Waals surface area contributed by atoms with Crippen molar-refractivity contribution in [1.29, 1.82) is 0 Å². The highest BCUT2D eigenvalue weighted by Crippen LogP contribution is 2.29. The molecule has 0 aliphatic carbocycles. The lowest BCUT2D eigenvalue weighted by Gasteiger charge is -2.34. The molecular weight excluding hydrogens is 343 g/mol. The number of amides is 1. The van der Waals surface area contributed by atoms with Crippen LogP contribution in [0.25, 0.3) is 0 Å². The van der Waals surface area contributed by atoms with E-state index in [2.05, 4.69) is 4.90 Å². The fourth-order valence-electron chi connectivity index (χ4n) is 3.04. The van der Waals surface area contributed by atoms with Crippen LogP contribution >= 0.6 is 0 Å². The third kappa shape index (κ3) is 4.35. The first kappa shape index (κ1) is 18.3. The van der Waals surface area contributed by atoms with Crippen molar-refractivity contribution >= 4 is 11.6 Å². The summed E-state index contributed by atoms with van der Waals surface area (Å²) in [5.41, 5.74) is 7.16. The SMILES string of the molecule is Nc1cccc(CN2CCN(C(=O)c3ccc(C(F)(F)F)cc3)CC2)c1. The van der Waals surface area contributed by atoms with Crippen molar-refractivity contribution < 1.29 is 18.0 Å². The van der Waals surface area contributed by atoms with Gasteiger partial charge in [0, 0.05) is 44.0 Å². The maximum absolute atomic E-state index is 12.6. The number of rotatable bonds is 3. The molecule has 1 heterocycles. The van der Waals surface area contributed by atoms with Gasteiger partial charge in [-0.25, -0.2) is 0 Å². The summed E-state index contributed by atoms with van der Waals surface area (Å²) < 4.78 is 37.8. The van der Waals surface area contributed by atoms with Crippen molar-refractivity contribution in [2.75, 3.05) is 31.9 Å². The van der Waals surface area contributed by atoms with Gasteiger partial charge < -0.3 is 10.6 Å². The molecule has 1 aliphatic heterocycles. The zero-order chi connectivity index (χ0) is 18.7. The van der Waals surface area contributed by atoms with E-state index in [0.29, 0.717) is 26.2 Å². The van der Waals surface area contributed by atoms with Gasteiger partial charge in [0.25, 0.3) is 5.91 Å². The summed E-state index contributed by atoms with van der Waals surface area (Å²) in [6.45, 7) is 3.26. The molecule has 1 saturated heterocycles. The molecule has 0 spiro atoms. The van der Waals surface area contributed by atoms with Gasteiger partial charge in [-0.1, -0.05) is 12.1 Å². The molecule has 0 saturated carbocycles. The molecule has 0 atom stereocenters. The molecule has 1 amide bonds.